The molecule has 4 aromatic carbocycles. The molecule has 206 valence electrons. The van der Waals surface area contributed by atoms with Gasteiger partial charge in [0.2, 0.25) is 11.8 Å². The van der Waals surface area contributed by atoms with E-state index in [-0.39, 0.29) is 42.6 Å². The summed E-state index contributed by atoms with van der Waals surface area (Å²) in [4.78, 5) is 28.5. The molecule has 9 heteroatoms. The van der Waals surface area contributed by atoms with Crippen molar-refractivity contribution in [3.8, 4) is 0 Å². The predicted molar refractivity (Wildman–Crippen MR) is 153 cm³/mol. The molecule has 1 aliphatic rings. The number of halogens is 1. The predicted octanol–water partition coefficient (Wildman–Crippen LogP) is 4.65. The Kier molecular flexibility index (Phi) is 7.84. The maximum Gasteiger partial charge on any atom is 0.265 e. The number of benzene rings is 4. The molecule has 0 radical (unpaired) electrons. The fraction of sp³-hybridized carbons (Fsp3) is 0.226. The van der Waals surface area contributed by atoms with Gasteiger partial charge in [-0.15, -0.1) is 0 Å². The lowest BCUT2D eigenvalue weighted by Crippen LogP contribution is -2.49. The van der Waals surface area contributed by atoms with Crippen LogP contribution in [0.3, 0.4) is 0 Å². The monoisotopic (exact) mass is 559 g/mol. The van der Waals surface area contributed by atoms with Crippen molar-refractivity contribution in [3.63, 3.8) is 0 Å². The molecule has 2 amide bonds. The molecule has 4 aromatic rings. The molecule has 0 saturated heterocycles. The molecule has 0 aliphatic carbocycles. The van der Waals surface area contributed by atoms with Gasteiger partial charge in [0, 0.05) is 38.4 Å². The number of rotatable bonds is 10. The van der Waals surface area contributed by atoms with Crippen LogP contribution in [-0.4, -0.2) is 44.8 Å². The van der Waals surface area contributed by atoms with Crippen LogP contribution in [0.1, 0.15) is 24.0 Å². The van der Waals surface area contributed by atoms with Crippen LogP contribution in [-0.2, 0) is 32.6 Å². The van der Waals surface area contributed by atoms with E-state index in [2.05, 4.69) is 5.32 Å². The average Bonchev–Trinajstić information content (AvgIpc) is 3.19. The van der Waals surface area contributed by atoms with Crippen molar-refractivity contribution >= 4 is 38.3 Å². The van der Waals surface area contributed by atoms with Crippen molar-refractivity contribution in [3.05, 3.63) is 108 Å². The third-order valence-corrected chi connectivity index (χ3v) is 9.07. The number of carbonyl (C=O) groups excluding carboxylic acids is 2. The zero-order chi connectivity index (χ0) is 28.3. The molecule has 0 aromatic heterocycles. The van der Waals surface area contributed by atoms with Gasteiger partial charge in [0.25, 0.3) is 10.0 Å². The lowest BCUT2D eigenvalue weighted by molar-refractivity contribution is -0.141. The number of likely N-dealkylation sites (N-methyl/N-ethyl adjacent to an activating group) is 1. The average molecular weight is 560 g/mol. The standard InChI is InChI=1S/C31H30FN3O4S/c1-33-31(37)27(20-22-8-3-2-4-9-22)34(21-23-15-17-25(32)18-16-23)29(36)14-7-19-35-26-12-5-10-24-11-6-13-28(30(24)26)40(35,38)39/h2-6,8-13,15-18,27H,7,14,19-21H2,1H3,(H,33,37)/t27-/m1/s1. The van der Waals surface area contributed by atoms with Crippen LogP contribution in [0.25, 0.3) is 10.8 Å². The molecule has 1 atom stereocenters. The Labute approximate surface area is 233 Å². The molecule has 5 rings (SSSR count). The number of carbonyl (C=O) groups is 2. The van der Waals surface area contributed by atoms with Gasteiger partial charge >= 0.3 is 0 Å². The summed E-state index contributed by atoms with van der Waals surface area (Å²) >= 11 is 0. The fourth-order valence-electron chi connectivity index (χ4n) is 5.22. The quantitative estimate of drug-likeness (QED) is 0.306. The number of hydrogen-bond donors (Lipinski definition) is 1. The molecule has 1 N–H and O–H groups in total. The summed E-state index contributed by atoms with van der Waals surface area (Å²) in [6.45, 7) is 0.229. The van der Waals surface area contributed by atoms with Gasteiger partial charge in [0.1, 0.15) is 11.9 Å². The Hall–Kier alpha value is -4.24. The molecule has 0 spiro atoms. The molecular weight excluding hydrogens is 529 g/mol. The smallest absolute Gasteiger partial charge is 0.265 e. The van der Waals surface area contributed by atoms with Crippen LogP contribution in [0, 0.1) is 5.82 Å². The van der Waals surface area contributed by atoms with Crippen LogP contribution in [0.15, 0.2) is 95.9 Å². The molecule has 0 fully saturated rings. The van der Waals surface area contributed by atoms with Gasteiger partial charge in [-0.2, -0.15) is 0 Å². The van der Waals surface area contributed by atoms with Crippen LogP contribution < -0.4 is 9.62 Å². The number of anilines is 1. The number of nitrogens with one attached hydrogen (secondary N) is 1. The van der Waals surface area contributed by atoms with Gasteiger partial charge in [-0.1, -0.05) is 66.7 Å². The second-order valence-corrected chi connectivity index (χ2v) is 11.6. The highest BCUT2D eigenvalue weighted by Crippen LogP contribution is 2.42. The van der Waals surface area contributed by atoms with Gasteiger partial charge in [0.15, 0.2) is 0 Å². The van der Waals surface area contributed by atoms with Crippen molar-refractivity contribution in [1.82, 2.24) is 10.2 Å². The van der Waals surface area contributed by atoms with Gasteiger partial charge in [0.05, 0.1) is 10.6 Å². The Morgan fingerprint density at radius 1 is 0.900 bits per heavy atom. The summed E-state index contributed by atoms with van der Waals surface area (Å²) in [6, 6.07) is 25.1. The molecular formula is C31H30FN3O4S. The molecule has 0 unspecified atom stereocenters. The Morgan fingerprint density at radius 3 is 2.30 bits per heavy atom. The van der Waals surface area contributed by atoms with E-state index < -0.39 is 21.9 Å². The SMILES string of the molecule is CNC(=O)[C@@H](Cc1ccccc1)N(Cc1ccc(F)cc1)C(=O)CCCN1c2cccc3cccc(c23)S1(=O)=O. The van der Waals surface area contributed by atoms with Gasteiger partial charge in [-0.05, 0) is 47.2 Å². The van der Waals surface area contributed by atoms with Crippen LogP contribution >= 0.6 is 0 Å². The van der Waals surface area contributed by atoms with Crippen LogP contribution in [0.4, 0.5) is 10.1 Å². The first-order valence-electron chi connectivity index (χ1n) is 13.1. The van der Waals surface area contributed by atoms with Crippen molar-refractivity contribution in [2.45, 2.75) is 36.7 Å². The Morgan fingerprint density at radius 2 is 1.60 bits per heavy atom. The van der Waals surface area contributed by atoms with E-state index in [4.69, 9.17) is 0 Å². The minimum Gasteiger partial charge on any atom is -0.357 e. The zero-order valence-electron chi connectivity index (χ0n) is 22.1. The summed E-state index contributed by atoms with van der Waals surface area (Å²) in [5.74, 6) is -0.999. The zero-order valence-corrected chi connectivity index (χ0v) is 22.9. The first-order chi connectivity index (χ1) is 19.3. The lowest BCUT2D eigenvalue weighted by Gasteiger charge is -2.31. The number of amides is 2. The number of sulfonamides is 1. The summed E-state index contributed by atoms with van der Waals surface area (Å²) in [5, 5.41) is 4.20. The minimum atomic E-state index is -3.73. The number of nitrogens with zero attached hydrogens (tertiary/aromatic N) is 2. The normalized spacial score (nSPS) is 14.2. The molecule has 40 heavy (non-hydrogen) atoms. The molecule has 1 heterocycles. The van der Waals surface area contributed by atoms with E-state index in [9.17, 15) is 22.4 Å². The highest BCUT2D eigenvalue weighted by Gasteiger charge is 2.35. The number of hydrogen-bond acceptors (Lipinski definition) is 4. The molecule has 1 aliphatic heterocycles. The Bertz CT molecular complexity index is 1640. The van der Waals surface area contributed by atoms with Gasteiger partial charge in [-0.25, -0.2) is 12.8 Å². The van der Waals surface area contributed by atoms with E-state index in [0.29, 0.717) is 23.1 Å². The van der Waals surface area contributed by atoms with Crippen molar-refractivity contribution in [2.75, 3.05) is 17.9 Å². The van der Waals surface area contributed by atoms with E-state index in [1.54, 1.807) is 30.3 Å². The third-order valence-electron chi connectivity index (χ3n) is 7.22. The minimum absolute atomic E-state index is 0.0296. The maximum absolute atomic E-state index is 13.7. The molecule has 7 nitrogen and oxygen atoms in total. The van der Waals surface area contributed by atoms with Crippen molar-refractivity contribution < 1.29 is 22.4 Å². The third kappa shape index (κ3) is 5.42. The summed E-state index contributed by atoms with van der Waals surface area (Å²) in [5.41, 5.74) is 2.18. The first kappa shape index (κ1) is 27.3. The lowest BCUT2D eigenvalue weighted by atomic mass is 10.0. The van der Waals surface area contributed by atoms with E-state index in [1.165, 1.54) is 28.4 Å². The summed E-state index contributed by atoms with van der Waals surface area (Å²) < 4.78 is 41.6. The molecule has 0 saturated carbocycles. The first-order valence-corrected chi connectivity index (χ1v) is 14.6. The van der Waals surface area contributed by atoms with Crippen LogP contribution in [0.2, 0.25) is 0 Å². The fourth-order valence-corrected chi connectivity index (χ4v) is 6.97. The highest BCUT2D eigenvalue weighted by molar-refractivity contribution is 7.93. The van der Waals surface area contributed by atoms with Gasteiger partial charge < -0.3 is 10.2 Å². The summed E-state index contributed by atoms with van der Waals surface area (Å²) in [7, 11) is -2.21. The maximum atomic E-state index is 13.7. The van der Waals surface area contributed by atoms with Gasteiger partial charge in [-0.3, -0.25) is 13.9 Å². The topological polar surface area (TPSA) is 86.8 Å². The second kappa shape index (κ2) is 11.5. The van der Waals surface area contributed by atoms with E-state index >= 15 is 0 Å². The van der Waals surface area contributed by atoms with Crippen molar-refractivity contribution in [1.29, 1.82) is 0 Å². The van der Waals surface area contributed by atoms with Crippen LogP contribution in [0.5, 0.6) is 0 Å². The largest absolute Gasteiger partial charge is 0.357 e. The van der Waals surface area contributed by atoms with Crippen molar-refractivity contribution in [2.24, 2.45) is 0 Å². The van der Waals surface area contributed by atoms with E-state index in [0.717, 1.165) is 10.9 Å². The molecule has 0 bridgehead atoms. The summed E-state index contributed by atoms with van der Waals surface area (Å²) in [6.07, 6.45) is 0.585. The highest BCUT2D eigenvalue weighted by atomic mass is 32.2. The second-order valence-electron chi connectivity index (χ2n) is 9.78. The Balaban J connectivity index is 1.37. The van der Waals surface area contributed by atoms with E-state index in [1.807, 2.05) is 48.5 Å².